The van der Waals surface area contributed by atoms with Crippen LogP contribution in [0, 0.1) is 0 Å². The van der Waals surface area contributed by atoms with Crippen LogP contribution in [-0.2, 0) is 11.2 Å². The van der Waals surface area contributed by atoms with Crippen molar-refractivity contribution in [2.24, 2.45) is 0 Å². The Bertz CT molecular complexity index is 1590. The number of hydrogen-bond acceptors (Lipinski definition) is 8. The highest BCUT2D eigenvalue weighted by atomic mass is 16.5. The molecule has 0 saturated heterocycles. The monoisotopic (exact) mass is 529 g/mol. The zero-order chi connectivity index (χ0) is 27.5. The van der Waals surface area contributed by atoms with E-state index in [0.717, 1.165) is 11.1 Å². The highest BCUT2D eigenvalue weighted by Gasteiger charge is 2.34. The van der Waals surface area contributed by atoms with Crippen LogP contribution in [0.1, 0.15) is 37.9 Å². The first-order chi connectivity index (χ1) is 18.9. The summed E-state index contributed by atoms with van der Waals surface area (Å²) in [5, 5.41) is 0.655. The lowest BCUT2D eigenvalue weighted by atomic mass is 9.91. The molecule has 0 aliphatic carbocycles. The number of nitrogens with zero attached hydrogens (tertiary/aromatic N) is 1. The third kappa shape index (κ3) is 5.03. The molecule has 3 aromatic carbocycles. The number of carbonyl (C=O) groups is 2. The molecule has 1 aliphatic heterocycles. The predicted octanol–water partition coefficient (Wildman–Crippen LogP) is 4.42. The molecular formula is C30H27NO8. The molecule has 4 aromatic rings. The minimum absolute atomic E-state index is 0.0509. The highest BCUT2D eigenvalue weighted by molar-refractivity contribution is 5.97. The molecule has 5 rings (SSSR count). The first kappa shape index (κ1) is 25.8. The molecule has 1 aliphatic rings. The third-order valence-electron chi connectivity index (χ3n) is 6.82. The Morgan fingerprint density at radius 2 is 1.67 bits per heavy atom. The Hall–Kier alpha value is -4.79. The van der Waals surface area contributed by atoms with Gasteiger partial charge in [0.1, 0.15) is 23.5 Å². The second kappa shape index (κ2) is 10.9. The van der Waals surface area contributed by atoms with Gasteiger partial charge in [0.05, 0.1) is 32.9 Å². The highest BCUT2D eigenvalue weighted by Crippen LogP contribution is 2.39. The summed E-state index contributed by atoms with van der Waals surface area (Å²) in [6, 6.07) is 18.3. The molecule has 2 heterocycles. The second-order valence-corrected chi connectivity index (χ2v) is 8.98. The van der Waals surface area contributed by atoms with Gasteiger partial charge in [0.25, 0.3) is 5.91 Å². The molecule has 0 saturated carbocycles. The Balaban J connectivity index is 1.51. The first-order valence-electron chi connectivity index (χ1n) is 12.3. The molecule has 0 fully saturated rings. The molecular weight excluding hydrogens is 502 g/mol. The van der Waals surface area contributed by atoms with Crippen LogP contribution in [-0.4, -0.2) is 51.3 Å². The van der Waals surface area contributed by atoms with Gasteiger partial charge in [-0.05, 0) is 66.1 Å². The van der Waals surface area contributed by atoms with Gasteiger partial charge < -0.3 is 28.3 Å². The van der Waals surface area contributed by atoms with Crippen molar-refractivity contribution in [3.63, 3.8) is 0 Å². The van der Waals surface area contributed by atoms with Gasteiger partial charge in [-0.15, -0.1) is 0 Å². The van der Waals surface area contributed by atoms with E-state index in [1.165, 1.54) is 7.11 Å². The lowest BCUT2D eigenvalue weighted by Gasteiger charge is -2.37. The number of rotatable bonds is 7. The average Bonchev–Trinajstić information content (AvgIpc) is 2.98. The molecule has 0 bridgehead atoms. The van der Waals surface area contributed by atoms with Gasteiger partial charge >= 0.3 is 11.6 Å². The molecule has 0 unspecified atom stereocenters. The van der Waals surface area contributed by atoms with E-state index in [9.17, 15) is 14.4 Å². The van der Waals surface area contributed by atoms with E-state index in [2.05, 4.69) is 0 Å². The maximum Gasteiger partial charge on any atom is 0.349 e. The Labute approximate surface area is 224 Å². The summed E-state index contributed by atoms with van der Waals surface area (Å²) >= 11 is 0. The molecule has 0 radical (unpaired) electrons. The third-order valence-corrected chi connectivity index (χ3v) is 6.82. The topological polar surface area (TPSA) is 105 Å². The van der Waals surface area contributed by atoms with E-state index in [4.69, 9.17) is 23.4 Å². The van der Waals surface area contributed by atoms with Gasteiger partial charge in [-0.3, -0.25) is 4.79 Å². The van der Waals surface area contributed by atoms with Crippen molar-refractivity contribution in [2.45, 2.75) is 12.5 Å². The van der Waals surface area contributed by atoms with E-state index in [1.807, 2.05) is 18.2 Å². The van der Waals surface area contributed by atoms with Crippen LogP contribution in [0.3, 0.4) is 0 Å². The zero-order valence-electron chi connectivity index (χ0n) is 21.8. The summed E-state index contributed by atoms with van der Waals surface area (Å²) in [6.07, 6.45) is 0.546. The zero-order valence-corrected chi connectivity index (χ0v) is 21.8. The summed E-state index contributed by atoms with van der Waals surface area (Å²) in [6.45, 7) is 0.438. The van der Waals surface area contributed by atoms with Crippen LogP contribution < -0.4 is 19.8 Å². The molecule has 0 N–H and O–H groups in total. The van der Waals surface area contributed by atoms with Crippen LogP contribution in [0.25, 0.3) is 11.0 Å². The number of methoxy groups -OCH3 is 3. The molecule has 9 nitrogen and oxygen atoms in total. The Morgan fingerprint density at radius 1 is 0.949 bits per heavy atom. The van der Waals surface area contributed by atoms with E-state index in [-0.39, 0.29) is 12.2 Å². The number of esters is 1. The Morgan fingerprint density at radius 3 is 2.38 bits per heavy atom. The summed E-state index contributed by atoms with van der Waals surface area (Å²) in [7, 11) is 4.43. The maximum absolute atomic E-state index is 13.8. The van der Waals surface area contributed by atoms with E-state index in [1.54, 1.807) is 67.7 Å². The van der Waals surface area contributed by atoms with Gasteiger partial charge in [0, 0.05) is 11.9 Å². The number of amides is 1. The van der Waals surface area contributed by atoms with Crippen LogP contribution in [0.2, 0.25) is 0 Å². The van der Waals surface area contributed by atoms with Crippen molar-refractivity contribution in [3.8, 4) is 17.2 Å². The fourth-order valence-corrected chi connectivity index (χ4v) is 4.80. The lowest BCUT2D eigenvalue weighted by Crippen LogP contribution is -2.44. The van der Waals surface area contributed by atoms with Crippen LogP contribution >= 0.6 is 0 Å². The number of ether oxygens (including phenoxy) is 4. The van der Waals surface area contributed by atoms with Crippen molar-refractivity contribution in [1.82, 2.24) is 4.90 Å². The fourth-order valence-electron chi connectivity index (χ4n) is 4.80. The van der Waals surface area contributed by atoms with Crippen LogP contribution in [0.5, 0.6) is 17.2 Å². The van der Waals surface area contributed by atoms with Gasteiger partial charge in [-0.25, -0.2) is 9.59 Å². The van der Waals surface area contributed by atoms with Gasteiger partial charge in [0.2, 0.25) is 0 Å². The molecule has 0 spiro atoms. The van der Waals surface area contributed by atoms with Gasteiger partial charge in [0.15, 0.2) is 11.5 Å². The minimum Gasteiger partial charge on any atom is -0.493 e. The number of fused-ring (bicyclic) bond motifs is 2. The number of carbonyl (C=O) groups excluding carboxylic acids is 2. The molecule has 39 heavy (non-hydrogen) atoms. The average molecular weight is 530 g/mol. The summed E-state index contributed by atoms with van der Waals surface area (Å²) in [5.74, 6) is 0.708. The van der Waals surface area contributed by atoms with E-state index >= 15 is 0 Å². The van der Waals surface area contributed by atoms with Gasteiger partial charge in [-0.2, -0.15) is 0 Å². The number of para-hydroxylation sites is 1. The quantitative estimate of drug-likeness (QED) is 0.256. The predicted molar refractivity (Wildman–Crippen MR) is 143 cm³/mol. The van der Waals surface area contributed by atoms with Gasteiger partial charge in [-0.1, -0.05) is 18.2 Å². The number of hydrogen-bond donors (Lipinski definition) is 0. The van der Waals surface area contributed by atoms with E-state index in [0.29, 0.717) is 46.7 Å². The van der Waals surface area contributed by atoms with E-state index < -0.39 is 23.5 Å². The summed E-state index contributed by atoms with van der Waals surface area (Å²) in [4.78, 5) is 40.1. The first-order valence-corrected chi connectivity index (χ1v) is 12.3. The number of benzene rings is 3. The lowest BCUT2D eigenvalue weighted by molar-refractivity contribution is 0.0579. The Kier molecular flexibility index (Phi) is 7.23. The van der Waals surface area contributed by atoms with Crippen molar-refractivity contribution in [1.29, 1.82) is 0 Å². The molecule has 200 valence electrons. The minimum atomic E-state index is -0.699. The van der Waals surface area contributed by atoms with Crippen LogP contribution in [0.4, 0.5) is 0 Å². The molecule has 1 atom stereocenters. The van der Waals surface area contributed by atoms with Crippen molar-refractivity contribution < 1.29 is 33.0 Å². The standard InChI is InChI=1S/C30H27NO8/c1-35-26-15-19-12-13-31(28(32)23-14-20-6-4-5-7-25(20)39-30(23)34)24(22(19)16-27(26)36-2)17-38-21-10-8-18(9-11-21)29(33)37-3/h4-11,14-16,24H,12-13,17H2,1-3H3/t24-/m1/s1. The summed E-state index contributed by atoms with van der Waals surface area (Å²) in [5.41, 5.74) is 1.86. The molecule has 9 heteroatoms. The largest absolute Gasteiger partial charge is 0.493 e. The smallest absolute Gasteiger partial charge is 0.349 e. The fraction of sp³-hybridized carbons (Fsp3) is 0.233. The SMILES string of the molecule is COC(=O)c1ccc(OC[C@@H]2c3cc(OC)c(OC)cc3CCN2C(=O)c2cc3ccccc3oc2=O)cc1. The molecule has 1 amide bonds. The summed E-state index contributed by atoms with van der Waals surface area (Å²) < 4.78 is 27.3. The second-order valence-electron chi connectivity index (χ2n) is 8.98. The maximum atomic E-state index is 13.8. The van der Waals surface area contributed by atoms with Crippen molar-refractivity contribution in [2.75, 3.05) is 34.5 Å². The molecule has 1 aromatic heterocycles. The van der Waals surface area contributed by atoms with Crippen molar-refractivity contribution in [3.05, 3.63) is 99.4 Å². The van der Waals surface area contributed by atoms with Crippen molar-refractivity contribution >= 4 is 22.8 Å². The van der Waals surface area contributed by atoms with Crippen LogP contribution in [0.15, 0.2) is 75.9 Å². The normalized spacial score (nSPS) is 14.4.